The molecule has 0 bridgehead atoms. The highest BCUT2D eigenvalue weighted by Gasteiger charge is 2.16. The van der Waals surface area contributed by atoms with Crippen LogP contribution in [0.1, 0.15) is 25.3 Å². The number of pyridine rings is 1. The molecule has 0 N–H and O–H groups in total. The average molecular weight is 372 g/mol. The van der Waals surface area contributed by atoms with Gasteiger partial charge >= 0.3 is 0 Å². The summed E-state index contributed by atoms with van der Waals surface area (Å²) in [6, 6.07) is 10.6. The van der Waals surface area contributed by atoms with E-state index in [4.69, 9.17) is 4.74 Å². The second kappa shape index (κ2) is 8.71. The van der Waals surface area contributed by atoms with Crippen LogP contribution in [0.2, 0.25) is 0 Å². The van der Waals surface area contributed by atoms with E-state index in [2.05, 4.69) is 27.0 Å². The molecule has 0 unspecified atom stereocenters. The lowest BCUT2D eigenvalue weighted by Gasteiger charge is -2.21. The third-order valence-electron chi connectivity index (χ3n) is 3.98. The summed E-state index contributed by atoms with van der Waals surface area (Å²) in [6.07, 6.45) is 3.75. The highest BCUT2D eigenvalue weighted by atomic mass is 32.1. The van der Waals surface area contributed by atoms with Crippen LogP contribution in [-0.2, 0) is 6.54 Å². The molecule has 7 heteroatoms. The molecule has 3 rings (SSSR count). The lowest BCUT2D eigenvalue weighted by atomic mass is 10.2. The maximum Gasteiger partial charge on any atom is 0.213 e. The third kappa shape index (κ3) is 4.35. The highest BCUT2D eigenvalue weighted by Crippen LogP contribution is 2.31. The van der Waals surface area contributed by atoms with Crippen molar-refractivity contribution in [1.29, 1.82) is 0 Å². The second-order valence-corrected chi connectivity index (χ2v) is 6.80. The molecular weight excluding hydrogens is 351 g/mol. The number of nitrogens with zero attached hydrogens (tertiary/aromatic N) is 4. The summed E-state index contributed by atoms with van der Waals surface area (Å²) in [5.41, 5.74) is 1.56. The van der Waals surface area contributed by atoms with Crippen LogP contribution in [0.5, 0.6) is 5.88 Å². The van der Waals surface area contributed by atoms with Crippen LogP contribution in [-0.4, -0.2) is 28.8 Å². The second-order valence-electron chi connectivity index (χ2n) is 5.84. The molecule has 0 aliphatic heterocycles. The Kier molecular flexibility index (Phi) is 6.12. The number of hydrogen-bond donors (Lipinski definition) is 0. The number of aromatic nitrogens is 3. The number of unbranched alkanes of at least 4 members (excludes halogenated alkanes) is 1. The zero-order chi connectivity index (χ0) is 18.4. The summed E-state index contributed by atoms with van der Waals surface area (Å²) >= 11 is 1.49. The maximum absolute atomic E-state index is 14.1. The molecule has 0 fully saturated rings. The molecule has 5 nitrogen and oxygen atoms in total. The van der Waals surface area contributed by atoms with E-state index < -0.39 is 0 Å². The van der Waals surface area contributed by atoms with Gasteiger partial charge in [0.15, 0.2) is 0 Å². The van der Waals surface area contributed by atoms with Crippen molar-refractivity contribution >= 4 is 16.5 Å². The first-order chi connectivity index (χ1) is 12.7. The molecular formula is C19H21FN4OS. The van der Waals surface area contributed by atoms with E-state index in [1.807, 2.05) is 24.3 Å². The van der Waals surface area contributed by atoms with Crippen LogP contribution in [0.3, 0.4) is 0 Å². The third-order valence-corrected chi connectivity index (χ3v) is 5.01. The Morgan fingerprint density at radius 3 is 2.81 bits per heavy atom. The summed E-state index contributed by atoms with van der Waals surface area (Å²) in [6.45, 7) is 3.41. The van der Waals surface area contributed by atoms with Gasteiger partial charge in [0.05, 0.1) is 7.11 Å². The monoisotopic (exact) mass is 372 g/mol. The molecule has 0 aliphatic carbocycles. The van der Waals surface area contributed by atoms with Crippen LogP contribution in [0.4, 0.5) is 9.52 Å². The van der Waals surface area contributed by atoms with E-state index >= 15 is 0 Å². The fraction of sp³-hybridized carbons (Fsp3) is 0.316. The van der Waals surface area contributed by atoms with Crippen molar-refractivity contribution in [3.05, 3.63) is 54.0 Å². The predicted octanol–water partition coefficient (Wildman–Crippen LogP) is 4.55. The van der Waals surface area contributed by atoms with E-state index in [0.717, 1.165) is 35.1 Å². The first-order valence-corrected chi connectivity index (χ1v) is 9.35. The van der Waals surface area contributed by atoms with Gasteiger partial charge in [-0.1, -0.05) is 42.9 Å². The summed E-state index contributed by atoms with van der Waals surface area (Å²) in [7, 11) is 1.58. The molecule has 3 aromatic rings. The smallest absolute Gasteiger partial charge is 0.213 e. The van der Waals surface area contributed by atoms with Gasteiger partial charge in [-0.05, 0) is 18.6 Å². The van der Waals surface area contributed by atoms with E-state index in [1.54, 1.807) is 19.4 Å². The van der Waals surface area contributed by atoms with Crippen LogP contribution in [0.15, 0.2) is 42.6 Å². The van der Waals surface area contributed by atoms with Gasteiger partial charge in [-0.3, -0.25) is 0 Å². The summed E-state index contributed by atoms with van der Waals surface area (Å²) in [5.74, 6) is 0.339. The number of anilines is 1. The molecule has 136 valence electrons. The zero-order valence-corrected chi connectivity index (χ0v) is 15.7. The number of ether oxygens (including phenoxy) is 1. The first-order valence-electron chi connectivity index (χ1n) is 8.53. The topological polar surface area (TPSA) is 51.1 Å². The van der Waals surface area contributed by atoms with Crippen LogP contribution < -0.4 is 9.64 Å². The minimum atomic E-state index is -0.197. The van der Waals surface area contributed by atoms with Gasteiger partial charge in [-0.25, -0.2) is 9.37 Å². The minimum absolute atomic E-state index is 0.197. The number of methoxy groups -OCH3 is 1. The van der Waals surface area contributed by atoms with E-state index in [1.165, 1.54) is 17.4 Å². The molecule has 0 saturated carbocycles. The van der Waals surface area contributed by atoms with Crippen LogP contribution >= 0.6 is 11.3 Å². The highest BCUT2D eigenvalue weighted by molar-refractivity contribution is 7.18. The van der Waals surface area contributed by atoms with Crippen molar-refractivity contribution < 1.29 is 9.13 Å². The van der Waals surface area contributed by atoms with Crippen molar-refractivity contribution in [2.75, 3.05) is 18.6 Å². The van der Waals surface area contributed by atoms with Crippen molar-refractivity contribution in [2.24, 2.45) is 0 Å². The predicted molar refractivity (Wildman–Crippen MR) is 102 cm³/mol. The van der Waals surface area contributed by atoms with Crippen molar-refractivity contribution in [3.8, 4) is 16.5 Å². The molecule has 2 aromatic heterocycles. The Balaban J connectivity index is 1.85. The molecule has 0 spiro atoms. The molecule has 26 heavy (non-hydrogen) atoms. The largest absolute Gasteiger partial charge is 0.481 e. The number of halogens is 1. The molecule has 0 atom stereocenters. The summed E-state index contributed by atoms with van der Waals surface area (Å²) in [5, 5.41) is 10.2. The molecule has 2 heterocycles. The van der Waals surface area contributed by atoms with Gasteiger partial charge < -0.3 is 9.64 Å². The molecule has 0 radical (unpaired) electrons. The quantitative estimate of drug-likeness (QED) is 0.580. The Bertz CT molecular complexity index is 855. The Hall–Kier alpha value is -2.54. The van der Waals surface area contributed by atoms with Crippen molar-refractivity contribution in [2.45, 2.75) is 26.3 Å². The van der Waals surface area contributed by atoms with E-state index in [0.29, 0.717) is 18.0 Å². The summed E-state index contributed by atoms with van der Waals surface area (Å²) in [4.78, 5) is 6.20. The Morgan fingerprint density at radius 2 is 2.04 bits per heavy atom. The Morgan fingerprint density at radius 1 is 1.19 bits per heavy atom. The van der Waals surface area contributed by atoms with Gasteiger partial charge in [0, 0.05) is 36.5 Å². The maximum atomic E-state index is 14.1. The number of hydrogen-bond acceptors (Lipinski definition) is 6. The number of rotatable bonds is 8. The van der Waals surface area contributed by atoms with Crippen LogP contribution in [0.25, 0.3) is 10.6 Å². The van der Waals surface area contributed by atoms with Crippen LogP contribution in [0, 0.1) is 5.82 Å². The molecule has 1 aromatic carbocycles. The first kappa shape index (κ1) is 18.3. The standard InChI is InChI=1S/C19H21FN4OS/c1-3-4-11-24(13-15-7-5-6-8-16(15)20)19-23-22-18(26-19)14-9-10-21-17(12-14)25-2/h5-10,12H,3-4,11,13H2,1-2H3. The van der Waals surface area contributed by atoms with Crippen molar-refractivity contribution in [3.63, 3.8) is 0 Å². The lowest BCUT2D eigenvalue weighted by Crippen LogP contribution is -2.24. The number of benzene rings is 1. The normalized spacial score (nSPS) is 10.7. The molecule has 0 aliphatic rings. The fourth-order valence-electron chi connectivity index (χ4n) is 2.54. The minimum Gasteiger partial charge on any atom is -0.481 e. The van der Waals surface area contributed by atoms with E-state index in [9.17, 15) is 4.39 Å². The molecule has 0 saturated heterocycles. The van der Waals surface area contributed by atoms with Gasteiger partial charge in [0.25, 0.3) is 0 Å². The van der Waals surface area contributed by atoms with Gasteiger partial charge in [0.2, 0.25) is 11.0 Å². The van der Waals surface area contributed by atoms with Gasteiger partial charge in [-0.2, -0.15) is 0 Å². The molecule has 0 amide bonds. The van der Waals surface area contributed by atoms with E-state index in [-0.39, 0.29) is 5.82 Å². The summed E-state index contributed by atoms with van der Waals surface area (Å²) < 4.78 is 19.2. The van der Waals surface area contributed by atoms with Gasteiger partial charge in [0.1, 0.15) is 10.8 Å². The SMILES string of the molecule is CCCCN(Cc1ccccc1F)c1nnc(-c2ccnc(OC)c2)s1. The van der Waals surface area contributed by atoms with Gasteiger partial charge in [-0.15, -0.1) is 10.2 Å². The lowest BCUT2D eigenvalue weighted by molar-refractivity contribution is 0.398. The van der Waals surface area contributed by atoms with Crippen molar-refractivity contribution in [1.82, 2.24) is 15.2 Å². The Labute approximate surface area is 156 Å². The zero-order valence-electron chi connectivity index (χ0n) is 14.9. The average Bonchev–Trinajstić information content (AvgIpc) is 3.16. The fourth-order valence-corrected chi connectivity index (χ4v) is 3.40.